The van der Waals surface area contributed by atoms with Crippen LogP contribution in [-0.4, -0.2) is 108 Å². The maximum Gasteiger partial charge on any atom is 0.490 e. The summed E-state index contributed by atoms with van der Waals surface area (Å²) in [6.45, 7) is 6.42. The number of aliphatic carboxylic acids is 2. The molecule has 2 aliphatic heterocycles. The van der Waals surface area contributed by atoms with E-state index in [9.17, 15) is 31.1 Å². The number of methoxy groups -OCH3 is 1. The van der Waals surface area contributed by atoms with Gasteiger partial charge in [-0.25, -0.2) is 14.6 Å². The summed E-state index contributed by atoms with van der Waals surface area (Å²) in [5.74, 6) is -3.80. The summed E-state index contributed by atoms with van der Waals surface area (Å²) in [5, 5.41) is 17.8. The van der Waals surface area contributed by atoms with E-state index < -0.39 is 24.3 Å². The molecule has 1 aliphatic carbocycles. The molecule has 2 fully saturated rings. The molecule has 0 spiro atoms. The number of aromatic nitrogens is 1. The SMILES string of the molecule is COCCN1CCc2cc(C(=O)N3CCCC3)c(NCC3CC3)nc2CC1.O=C(O)C(F)(F)F.O=C(O)C(F)(F)F. The predicted molar refractivity (Wildman–Crippen MR) is 134 cm³/mol. The number of carbonyl (C=O) groups is 3. The lowest BCUT2D eigenvalue weighted by Gasteiger charge is -2.20. The third-order valence-corrected chi connectivity index (χ3v) is 6.53. The van der Waals surface area contributed by atoms with Crippen LogP contribution in [0.25, 0.3) is 0 Å². The van der Waals surface area contributed by atoms with Crippen molar-refractivity contribution in [1.29, 1.82) is 0 Å². The summed E-state index contributed by atoms with van der Waals surface area (Å²) in [4.78, 5) is 40.3. The first kappa shape index (κ1) is 34.1. The molecule has 0 aromatic carbocycles. The summed E-state index contributed by atoms with van der Waals surface area (Å²) in [6, 6.07) is 2.14. The maximum absolute atomic E-state index is 13.1. The van der Waals surface area contributed by atoms with Crippen molar-refractivity contribution < 1.29 is 55.7 Å². The Labute approximate surface area is 232 Å². The molecule has 3 N–H and O–H groups in total. The number of nitrogens with zero attached hydrogens (tertiary/aromatic N) is 3. The van der Waals surface area contributed by atoms with Gasteiger partial charge < -0.3 is 30.1 Å². The average molecular weight is 601 g/mol. The van der Waals surface area contributed by atoms with Gasteiger partial charge in [0.25, 0.3) is 5.91 Å². The molecule has 41 heavy (non-hydrogen) atoms. The van der Waals surface area contributed by atoms with Crippen molar-refractivity contribution in [2.45, 2.75) is 50.9 Å². The minimum atomic E-state index is -5.08. The summed E-state index contributed by atoms with van der Waals surface area (Å²) in [7, 11) is 1.75. The van der Waals surface area contributed by atoms with E-state index in [0.29, 0.717) is 0 Å². The van der Waals surface area contributed by atoms with E-state index >= 15 is 0 Å². The average Bonchev–Trinajstić information content (AvgIpc) is 3.61. The Morgan fingerprint density at radius 1 is 0.976 bits per heavy atom. The molecule has 10 nitrogen and oxygen atoms in total. The molecule has 232 valence electrons. The van der Waals surface area contributed by atoms with Crippen LogP contribution in [0, 0.1) is 5.92 Å². The maximum atomic E-state index is 13.1. The summed E-state index contributed by atoms with van der Waals surface area (Å²) in [5.41, 5.74) is 3.18. The molecule has 16 heteroatoms. The molecule has 4 rings (SSSR count). The summed E-state index contributed by atoms with van der Waals surface area (Å²) < 4.78 is 68.7. The molecule has 3 heterocycles. The number of pyridine rings is 1. The zero-order chi connectivity index (χ0) is 30.8. The van der Waals surface area contributed by atoms with Crippen molar-refractivity contribution in [2.75, 3.05) is 58.3 Å². The van der Waals surface area contributed by atoms with E-state index in [1.807, 2.05) is 4.90 Å². The van der Waals surface area contributed by atoms with Crippen LogP contribution in [0.2, 0.25) is 0 Å². The number of alkyl halides is 6. The van der Waals surface area contributed by atoms with Crippen LogP contribution in [0.5, 0.6) is 0 Å². The summed E-state index contributed by atoms with van der Waals surface area (Å²) >= 11 is 0. The standard InChI is InChI=1S/C21H32N4O2.2C2HF3O2/c1-27-13-12-24-10-6-17-14-18(21(26)25-8-2-3-9-25)20(22-15-16-4-5-16)23-19(17)7-11-24;2*3-2(4,5)1(6)7/h14,16H,2-13,15H2,1H3,(H,22,23);2*(H,6,7). The van der Waals surface area contributed by atoms with Crippen molar-refractivity contribution in [2.24, 2.45) is 5.92 Å². The van der Waals surface area contributed by atoms with E-state index in [4.69, 9.17) is 29.5 Å². The van der Waals surface area contributed by atoms with Gasteiger partial charge in [-0.3, -0.25) is 4.79 Å². The lowest BCUT2D eigenvalue weighted by Crippen LogP contribution is -2.29. The number of carboxylic acid groups (broad SMARTS) is 2. The van der Waals surface area contributed by atoms with E-state index in [1.165, 1.54) is 18.4 Å². The Morgan fingerprint density at radius 2 is 1.51 bits per heavy atom. The highest BCUT2D eigenvalue weighted by Gasteiger charge is 2.39. The smallest absolute Gasteiger partial charge is 0.475 e. The number of fused-ring (bicyclic) bond motifs is 1. The van der Waals surface area contributed by atoms with Crippen molar-refractivity contribution in [1.82, 2.24) is 14.8 Å². The topological polar surface area (TPSA) is 132 Å². The van der Waals surface area contributed by atoms with Crippen molar-refractivity contribution >= 4 is 23.7 Å². The number of likely N-dealkylation sites (tertiary alicyclic amines) is 1. The van der Waals surface area contributed by atoms with Crippen LogP contribution >= 0.6 is 0 Å². The molecule has 1 aromatic rings. The van der Waals surface area contributed by atoms with Gasteiger partial charge in [0, 0.05) is 58.5 Å². The minimum Gasteiger partial charge on any atom is -0.475 e. The molecule has 0 unspecified atom stereocenters. The first-order chi connectivity index (χ1) is 19.1. The number of nitrogens with one attached hydrogen (secondary N) is 1. The van der Waals surface area contributed by atoms with Crippen LogP contribution < -0.4 is 5.32 Å². The molecular weight excluding hydrogens is 566 g/mol. The highest BCUT2D eigenvalue weighted by molar-refractivity contribution is 5.99. The Hall–Kier alpha value is -3.14. The largest absolute Gasteiger partial charge is 0.490 e. The quantitative estimate of drug-likeness (QED) is 0.403. The minimum absolute atomic E-state index is 0.154. The molecule has 3 aliphatic rings. The molecule has 0 atom stereocenters. The zero-order valence-electron chi connectivity index (χ0n) is 22.5. The number of anilines is 1. The number of amides is 1. The number of rotatable bonds is 7. The second-order valence-electron chi connectivity index (χ2n) is 9.75. The third kappa shape index (κ3) is 11.7. The lowest BCUT2D eigenvalue weighted by atomic mass is 10.0. The number of ether oxygens (including phenoxy) is 1. The van der Waals surface area contributed by atoms with Gasteiger partial charge in [-0.15, -0.1) is 0 Å². The van der Waals surface area contributed by atoms with Gasteiger partial charge in [-0.1, -0.05) is 0 Å². The van der Waals surface area contributed by atoms with E-state index in [2.05, 4.69) is 16.3 Å². The molecule has 1 saturated carbocycles. The second-order valence-corrected chi connectivity index (χ2v) is 9.75. The number of carboxylic acids is 2. The Kier molecular flexibility index (Phi) is 12.6. The van der Waals surface area contributed by atoms with Crippen LogP contribution in [0.4, 0.5) is 32.2 Å². The van der Waals surface area contributed by atoms with E-state index in [0.717, 1.165) is 94.6 Å². The van der Waals surface area contributed by atoms with Crippen LogP contribution in [0.3, 0.4) is 0 Å². The zero-order valence-corrected chi connectivity index (χ0v) is 22.5. The fraction of sp³-hybridized carbons (Fsp3) is 0.680. The molecule has 1 saturated heterocycles. The highest BCUT2D eigenvalue weighted by atomic mass is 19.4. The Morgan fingerprint density at radius 3 is 2.00 bits per heavy atom. The molecule has 1 amide bonds. The van der Waals surface area contributed by atoms with Crippen LogP contribution in [0.1, 0.15) is 47.3 Å². The first-order valence-corrected chi connectivity index (χ1v) is 13.0. The van der Waals surface area contributed by atoms with Gasteiger partial charge in [0.2, 0.25) is 0 Å². The van der Waals surface area contributed by atoms with Crippen LogP contribution in [-0.2, 0) is 27.2 Å². The van der Waals surface area contributed by atoms with Gasteiger partial charge in [0.05, 0.1) is 12.2 Å². The molecule has 0 radical (unpaired) electrons. The van der Waals surface area contributed by atoms with Crippen molar-refractivity contribution in [3.63, 3.8) is 0 Å². The Balaban J connectivity index is 0.000000349. The molecular formula is C25H34F6N4O6. The van der Waals surface area contributed by atoms with Gasteiger partial charge in [-0.05, 0) is 49.7 Å². The van der Waals surface area contributed by atoms with Gasteiger partial charge in [-0.2, -0.15) is 26.3 Å². The number of halogens is 6. The van der Waals surface area contributed by atoms with E-state index in [1.54, 1.807) is 7.11 Å². The number of hydrogen-bond donors (Lipinski definition) is 3. The van der Waals surface area contributed by atoms with Crippen molar-refractivity contribution in [3.05, 3.63) is 22.9 Å². The molecule has 0 bridgehead atoms. The normalized spacial score (nSPS) is 17.3. The Bertz CT molecular complexity index is 1020. The molecule has 1 aromatic heterocycles. The monoisotopic (exact) mass is 600 g/mol. The van der Waals surface area contributed by atoms with Gasteiger partial charge in [0.15, 0.2) is 0 Å². The fourth-order valence-electron chi connectivity index (χ4n) is 4.08. The lowest BCUT2D eigenvalue weighted by molar-refractivity contribution is -0.193. The fourth-order valence-corrected chi connectivity index (χ4v) is 4.08. The number of hydrogen-bond acceptors (Lipinski definition) is 7. The third-order valence-electron chi connectivity index (χ3n) is 6.53. The first-order valence-electron chi connectivity index (χ1n) is 13.0. The van der Waals surface area contributed by atoms with Gasteiger partial charge >= 0.3 is 24.3 Å². The van der Waals surface area contributed by atoms with E-state index in [-0.39, 0.29) is 5.91 Å². The highest BCUT2D eigenvalue weighted by Crippen LogP contribution is 2.30. The second kappa shape index (κ2) is 15.2. The van der Waals surface area contributed by atoms with Gasteiger partial charge in [0.1, 0.15) is 5.82 Å². The summed E-state index contributed by atoms with van der Waals surface area (Å²) in [6.07, 6.45) is -3.46. The predicted octanol–water partition coefficient (Wildman–Crippen LogP) is 3.45. The van der Waals surface area contributed by atoms with Crippen molar-refractivity contribution in [3.8, 4) is 0 Å². The number of carbonyl (C=O) groups excluding carboxylic acids is 1. The van der Waals surface area contributed by atoms with Crippen LogP contribution in [0.15, 0.2) is 6.07 Å².